The maximum Gasteiger partial charge on any atom is 0.253 e. The highest BCUT2D eigenvalue weighted by Gasteiger charge is 2.49. The lowest BCUT2D eigenvalue weighted by Gasteiger charge is -2.57. The molecule has 0 unspecified atom stereocenters. The summed E-state index contributed by atoms with van der Waals surface area (Å²) in [5.41, 5.74) is 4.07. The van der Waals surface area contributed by atoms with Gasteiger partial charge in [0.2, 0.25) is 0 Å². The molecule has 1 N–H and O–H groups in total. The number of hydrogen-bond acceptors (Lipinski definition) is 3. The Morgan fingerprint density at radius 2 is 1.55 bits per heavy atom. The largest absolute Gasteiger partial charge is 0.395 e. The van der Waals surface area contributed by atoms with Crippen LogP contribution in [0.25, 0.3) is 11.1 Å². The van der Waals surface area contributed by atoms with Crippen LogP contribution in [0.4, 0.5) is 4.39 Å². The smallest absolute Gasteiger partial charge is 0.253 e. The second-order valence-corrected chi connectivity index (χ2v) is 9.03. The number of hydrogen-bond donors (Lipinski definition) is 1. The first-order valence-electron chi connectivity index (χ1n) is 11.7. The summed E-state index contributed by atoms with van der Waals surface area (Å²) in [6.07, 6.45) is 1.91. The third-order valence-electron chi connectivity index (χ3n) is 7.15. The van der Waals surface area contributed by atoms with Gasteiger partial charge in [0, 0.05) is 36.7 Å². The Hall–Kier alpha value is -3.02. The maximum absolute atomic E-state index is 13.3. The van der Waals surface area contributed by atoms with Crippen LogP contribution < -0.4 is 0 Å². The molecule has 2 heterocycles. The Morgan fingerprint density at radius 1 is 0.879 bits per heavy atom. The van der Waals surface area contributed by atoms with Crippen LogP contribution in [0.15, 0.2) is 78.9 Å². The molecule has 2 aliphatic rings. The van der Waals surface area contributed by atoms with E-state index in [1.165, 1.54) is 28.8 Å². The number of benzene rings is 3. The first-order chi connectivity index (χ1) is 16.2. The minimum atomic E-state index is -0.339. The molecule has 170 valence electrons. The second kappa shape index (κ2) is 9.46. The highest BCUT2D eigenvalue weighted by Crippen LogP contribution is 2.42. The van der Waals surface area contributed by atoms with Crippen LogP contribution in [0.2, 0.25) is 0 Å². The van der Waals surface area contributed by atoms with E-state index in [0.29, 0.717) is 18.7 Å². The monoisotopic (exact) mass is 444 g/mol. The average Bonchev–Trinajstić information content (AvgIpc) is 2.84. The summed E-state index contributed by atoms with van der Waals surface area (Å²) in [4.78, 5) is 17.5. The first-order valence-corrected chi connectivity index (χ1v) is 11.7. The normalized spacial score (nSPS) is 23.2. The number of fused-ring (bicyclic) bond motifs is 1. The minimum absolute atomic E-state index is 0.0533. The van der Waals surface area contributed by atoms with Gasteiger partial charge >= 0.3 is 0 Å². The van der Waals surface area contributed by atoms with E-state index < -0.39 is 0 Å². The highest BCUT2D eigenvalue weighted by molar-refractivity contribution is 5.94. The lowest BCUT2D eigenvalue weighted by Crippen LogP contribution is -2.67. The molecule has 1 amide bonds. The van der Waals surface area contributed by atoms with Crippen molar-refractivity contribution in [3.05, 3.63) is 95.8 Å². The van der Waals surface area contributed by atoms with Crippen LogP contribution in [0.1, 0.15) is 34.7 Å². The molecular weight excluding hydrogens is 415 g/mol. The fraction of sp³-hybridized carbons (Fsp3) is 0.321. The lowest BCUT2D eigenvalue weighted by atomic mass is 9.74. The van der Waals surface area contributed by atoms with E-state index >= 15 is 0 Å². The van der Waals surface area contributed by atoms with Crippen LogP contribution >= 0.6 is 0 Å². The third-order valence-corrected chi connectivity index (χ3v) is 7.15. The number of nitrogens with zero attached hydrogens (tertiary/aromatic N) is 2. The van der Waals surface area contributed by atoms with E-state index in [2.05, 4.69) is 41.3 Å². The van der Waals surface area contributed by atoms with E-state index in [1.807, 2.05) is 23.1 Å². The van der Waals surface area contributed by atoms with Gasteiger partial charge in [-0.2, -0.15) is 0 Å². The van der Waals surface area contributed by atoms with Gasteiger partial charge in [0.1, 0.15) is 5.82 Å². The molecule has 33 heavy (non-hydrogen) atoms. The van der Waals surface area contributed by atoms with Gasteiger partial charge in [0.25, 0.3) is 5.91 Å². The first kappa shape index (κ1) is 21.8. The van der Waals surface area contributed by atoms with Crippen LogP contribution in [0.3, 0.4) is 0 Å². The maximum atomic E-state index is 13.3. The summed E-state index contributed by atoms with van der Waals surface area (Å²) < 4.78 is 13.3. The molecule has 3 atom stereocenters. The molecule has 0 spiro atoms. The number of amides is 1. The summed E-state index contributed by atoms with van der Waals surface area (Å²) in [5.74, 6) is -0.224. The van der Waals surface area contributed by atoms with Crippen LogP contribution in [-0.2, 0) is 0 Å². The van der Waals surface area contributed by atoms with Crippen molar-refractivity contribution in [2.24, 2.45) is 0 Å². The number of carbonyl (C=O) groups is 1. The Morgan fingerprint density at radius 3 is 2.24 bits per heavy atom. The van der Waals surface area contributed by atoms with Crippen LogP contribution in [0.5, 0.6) is 0 Å². The molecule has 3 aromatic rings. The number of aliphatic hydroxyl groups excluding tert-OH is 1. The van der Waals surface area contributed by atoms with Crippen molar-refractivity contribution >= 4 is 5.91 Å². The molecule has 0 aliphatic carbocycles. The van der Waals surface area contributed by atoms with Gasteiger partial charge in [-0.15, -0.1) is 0 Å². The van der Waals surface area contributed by atoms with Gasteiger partial charge in [-0.05, 0) is 60.3 Å². The van der Waals surface area contributed by atoms with Crippen molar-refractivity contribution in [1.29, 1.82) is 0 Å². The zero-order valence-electron chi connectivity index (χ0n) is 18.6. The molecule has 2 saturated heterocycles. The highest BCUT2D eigenvalue weighted by atomic mass is 19.1. The third kappa shape index (κ3) is 4.31. The predicted octanol–water partition coefficient (Wildman–Crippen LogP) is 4.56. The summed E-state index contributed by atoms with van der Waals surface area (Å²) in [5, 5.41) is 10.2. The van der Waals surface area contributed by atoms with Crippen molar-refractivity contribution in [3.8, 4) is 11.1 Å². The SMILES string of the molecule is O=C(c1ccc(F)cc1)N1CCCCN2[C@H](C1)[C@H](c1ccc(-c3ccccc3)cc1)[C@@H]2CO. The Labute approximate surface area is 194 Å². The van der Waals surface area contributed by atoms with Gasteiger partial charge in [-0.1, -0.05) is 54.6 Å². The quantitative estimate of drug-likeness (QED) is 0.642. The molecule has 5 rings (SSSR count). The number of halogens is 1. The van der Waals surface area contributed by atoms with Crippen molar-refractivity contribution in [2.45, 2.75) is 30.8 Å². The zero-order chi connectivity index (χ0) is 22.8. The van der Waals surface area contributed by atoms with E-state index in [1.54, 1.807) is 12.1 Å². The number of aliphatic hydroxyl groups is 1. The van der Waals surface area contributed by atoms with Gasteiger partial charge in [-0.3, -0.25) is 9.69 Å². The Kier molecular flexibility index (Phi) is 6.25. The molecule has 2 fully saturated rings. The molecule has 0 radical (unpaired) electrons. The second-order valence-electron chi connectivity index (χ2n) is 9.03. The number of rotatable bonds is 4. The molecule has 0 saturated carbocycles. The summed E-state index contributed by atoms with van der Waals surface area (Å²) >= 11 is 0. The Bertz CT molecular complexity index is 1090. The summed E-state index contributed by atoms with van der Waals surface area (Å²) in [6, 6.07) is 24.9. The summed E-state index contributed by atoms with van der Waals surface area (Å²) in [6.45, 7) is 2.35. The van der Waals surface area contributed by atoms with Gasteiger partial charge in [-0.25, -0.2) is 4.39 Å². The zero-order valence-corrected chi connectivity index (χ0v) is 18.6. The molecule has 5 heteroatoms. The van der Waals surface area contributed by atoms with E-state index in [0.717, 1.165) is 19.4 Å². The average molecular weight is 445 g/mol. The van der Waals surface area contributed by atoms with Crippen LogP contribution in [0, 0.1) is 5.82 Å². The fourth-order valence-electron chi connectivity index (χ4n) is 5.43. The molecule has 2 aliphatic heterocycles. The van der Waals surface area contributed by atoms with Crippen molar-refractivity contribution < 1.29 is 14.3 Å². The van der Waals surface area contributed by atoms with Crippen molar-refractivity contribution in [3.63, 3.8) is 0 Å². The molecule has 0 aromatic heterocycles. The standard InChI is InChI=1S/C28H29FN2O2/c29-24-14-12-23(13-15-24)28(33)30-16-4-5-17-31-25(18-30)27(26(31)19-32)22-10-8-21(9-11-22)20-6-2-1-3-7-20/h1-3,6-15,25-27,32H,4-5,16-19H2/t25-,26+,27+/m1/s1. The minimum Gasteiger partial charge on any atom is -0.395 e. The van der Waals surface area contributed by atoms with E-state index in [4.69, 9.17) is 0 Å². The predicted molar refractivity (Wildman–Crippen MR) is 128 cm³/mol. The molecule has 4 nitrogen and oxygen atoms in total. The topological polar surface area (TPSA) is 43.8 Å². The fourth-order valence-corrected chi connectivity index (χ4v) is 5.43. The Balaban J connectivity index is 1.38. The molecule has 3 aromatic carbocycles. The summed E-state index contributed by atoms with van der Waals surface area (Å²) in [7, 11) is 0. The van der Waals surface area contributed by atoms with Crippen LogP contribution in [-0.4, -0.2) is 59.1 Å². The lowest BCUT2D eigenvalue weighted by molar-refractivity contribution is -0.0606. The van der Waals surface area contributed by atoms with E-state index in [-0.39, 0.29) is 36.3 Å². The number of carbonyl (C=O) groups excluding carboxylic acids is 1. The van der Waals surface area contributed by atoms with Crippen molar-refractivity contribution in [1.82, 2.24) is 9.80 Å². The van der Waals surface area contributed by atoms with Crippen molar-refractivity contribution in [2.75, 3.05) is 26.2 Å². The van der Waals surface area contributed by atoms with Gasteiger partial charge in [0.15, 0.2) is 0 Å². The van der Waals surface area contributed by atoms with Gasteiger partial charge in [0.05, 0.1) is 6.61 Å². The van der Waals surface area contributed by atoms with Gasteiger partial charge < -0.3 is 10.0 Å². The van der Waals surface area contributed by atoms with E-state index in [9.17, 15) is 14.3 Å². The molecular formula is C28H29FN2O2. The molecule has 0 bridgehead atoms.